The monoisotopic (exact) mass is 332 g/mol. The largest absolute Gasteiger partial charge is 0.497 e. The van der Waals surface area contributed by atoms with Gasteiger partial charge in [-0.2, -0.15) is 0 Å². The lowest BCUT2D eigenvalue weighted by atomic mass is 10.2. The van der Waals surface area contributed by atoms with Crippen LogP contribution < -0.4 is 10.1 Å². The van der Waals surface area contributed by atoms with Crippen molar-refractivity contribution in [2.24, 2.45) is 17.8 Å². The summed E-state index contributed by atoms with van der Waals surface area (Å²) in [5, 5.41) is 11.7. The van der Waals surface area contributed by atoms with Crippen molar-refractivity contribution < 1.29 is 24.2 Å². The molecule has 128 valence electrons. The van der Waals surface area contributed by atoms with Crippen molar-refractivity contribution in [1.29, 1.82) is 0 Å². The van der Waals surface area contributed by atoms with Gasteiger partial charge in [-0.05, 0) is 30.0 Å². The second kappa shape index (κ2) is 6.51. The van der Waals surface area contributed by atoms with E-state index in [1.54, 1.807) is 29.2 Å². The number of carboxylic acid groups (broad SMARTS) is 1. The molecule has 1 saturated carbocycles. The third-order valence-corrected chi connectivity index (χ3v) is 4.79. The van der Waals surface area contributed by atoms with E-state index in [1.807, 2.05) is 0 Å². The SMILES string of the molecule is COc1cccc(C(=O)NCCC(=O)N2C[C@@H]3C(C(=O)O)[C@@H]3C2)c1. The number of methoxy groups -OCH3 is 1. The van der Waals surface area contributed by atoms with Crippen LogP contribution in [0.4, 0.5) is 0 Å². The molecule has 24 heavy (non-hydrogen) atoms. The van der Waals surface area contributed by atoms with Crippen molar-refractivity contribution >= 4 is 17.8 Å². The summed E-state index contributed by atoms with van der Waals surface area (Å²) in [5.74, 6) is -0.516. The maximum Gasteiger partial charge on any atom is 0.307 e. The number of piperidine rings is 1. The van der Waals surface area contributed by atoms with Gasteiger partial charge in [-0.1, -0.05) is 6.07 Å². The molecule has 3 atom stereocenters. The molecule has 1 aliphatic heterocycles. The third kappa shape index (κ3) is 3.20. The Bertz CT molecular complexity index is 663. The van der Waals surface area contributed by atoms with Gasteiger partial charge in [0.15, 0.2) is 0 Å². The molecule has 7 nitrogen and oxygen atoms in total. The van der Waals surface area contributed by atoms with Gasteiger partial charge in [0.25, 0.3) is 5.91 Å². The molecule has 2 aliphatic rings. The Hall–Kier alpha value is -2.57. The smallest absolute Gasteiger partial charge is 0.307 e. The first-order valence-electron chi connectivity index (χ1n) is 7.94. The van der Waals surface area contributed by atoms with E-state index in [1.165, 1.54) is 7.11 Å². The normalized spacial score (nSPS) is 24.2. The molecule has 0 spiro atoms. The lowest BCUT2D eigenvalue weighted by molar-refractivity contribution is -0.141. The first-order chi connectivity index (χ1) is 11.5. The zero-order chi connectivity index (χ0) is 17.3. The number of benzene rings is 1. The summed E-state index contributed by atoms with van der Waals surface area (Å²) in [5.41, 5.74) is 0.480. The Labute approximate surface area is 139 Å². The highest BCUT2D eigenvalue weighted by atomic mass is 16.5. The van der Waals surface area contributed by atoms with E-state index in [9.17, 15) is 14.4 Å². The fraction of sp³-hybridized carbons (Fsp3) is 0.471. The molecule has 0 bridgehead atoms. The molecule has 0 radical (unpaired) electrons. The van der Waals surface area contributed by atoms with Gasteiger partial charge in [0.05, 0.1) is 13.0 Å². The molecule has 0 aromatic heterocycles. The average molecular weight is 332 g/mol. The van der Waals surface area contributed by atoms with Gasteiger partial charge in [0.1, 0.15) is 5.75 Å². The average Bonchev–Trinajstić information content (AvgIpc) is 3.10. The maximum absolute atomic E-state index is 12.1. The highest BCUT2D eigenvalue weighted by Crippen LogP contribution is 2.51. The highest BCUT2D eigenvalue weighted by Gasteiger charge is 2.60. The van der Waals surface area contributed by atoms with Crippen molar-refractivity contribution in [3.05, 3.63) is 29.8 Å². The molecule has 1 heterocycles. The topological polar surface area (TPSA) is 95.9 Å². The van der Waals surface area contributed by atoms with Crippen LogP contribution in [0.25, 0.3) is 0 Å². The fourth-order valence-corrected chi connectivity index (χ4v) is 3.40. The van der Waals surface area contributed by atoms with Gasteiger partial charge in [-0.25, -0.2) is 0 Å². The molecule has 3 rings (SSSR count). The molecule has 2 N–H and O–H groups in total. The molecular weight excluding hydrogens is 312 g/mol. The van der Waals surface area contributed by atoms with Gasteiger partial charge in [0.2, 0.25) is 5.91 Å². The summed E-state index contributed by atoms with van der Waals surface area (Å²) < 4.78 is 5.07. The van der Waals surface area contributed by atoms with E-state index in [-0.39, 0.29) is 42.5 Å². The molecule has 2 fully saturated rings. The number of carbonyl (C=O) groups is 3. The standard InChI is InChI=1S/C17H20N2O5/c1-24-11-4-2-3-10(7-11)16(21)18-6-5-14(20)19-8-12-13(9-19)15(12)17(22)23/h2-4,7,12-13,15H,5-6,8-9H2,1H3,(H,18,21)(H,22,23)/t12-,13+,15?. The number of hydrogen-bond acceptors (Lipinski definition) is 4. The van der Waals surface area contributed by atoms with Crippen molar-refractivity contribution in [3.8, 4) is 5.75 Å². The van der Waals surface area contributed by atoms with E-state index in [0.29, 0.717) is 24.4 Å². The summed E-state index contributed by atoms with van der Waals surface area (Å²) in [4.78, 5) is 36.8. The van der Waals surface area contributed by atoms with E-state index in [2.05, 4.69) is 5.32 Å². The van der Waals surface area contributed by atoms with Gasteiger partial charge in [0, 0.05) is 31.6 Å². The summed E-state index contributed by atoms with van der Waals surface area (Å²) in [6.45, 7) is 1.29. The number of aliphatic carboxylic acids is 1. The Morgan fingerprint density at radius 2 is 2.00 bits per heavy atom. The Morgan fingerprint density at radius 1 is 1.29 bits per heavy atom. The van der Waals surface area contributed by atoms with Crippen LogP contribution in [-0.2, 0) is 9.59 Å². The minimum atomic E-state index is -0.761. The number of amides is 2. The second-order valence-corrected chi connectivity index (χ2v) is 6.23. The van der Waals surface area contributed by atoms with Gasteiger partial charge >= 0.3 is 5.97 Å². The Kier molecular flexibility index (Phi) is 4.42. The predicted molar refractivity (Wildman–Crippen MR) is 84.6 cm³/mol. The summed E-state index contributed by atoms with van der Waals surface area (Å²) in [6, 6.07) is 6.80. The summed E-state index contributed by atoms with van der Waals surface area (Å²) in [6.07, 6.45) is 0.215. The first kappa shape index (κ1) is 16.3. The number of carboxylic acids is 1. The van der Waals surface area contributed by atoms with Crippen LogP contribution in [0.2, 0.25) is 0 Å². The second-order valence-electron chi connectivity index (χ2n) is 6.23. The van der Waals surface area contributed by atoms with Crippen LogP contribution >= 0.6 is 0 Å². The number of likely N-dealkylation sites (tertiary alicyclic amines) is 1. The molecule has 2 amide bonds. The minimum absolute atomic E-state index is 0.0442. The van der Waals surface area contributed by atoms with Crippen LogP contribution in [0.3, 0.4) is 0 Å². The Morgan fingerprint density at radius 3 is 2.62 bits per heavy atom. The van der Waals surface area contributed by atoms with E-state index in [4.69, 9.17) is 9.84 Å². The van der Waals surface area contributed by atoms with Crippen molar-refractivity contribution in [3.63, 3.8) is 0 Å². The van der Waals surface area contributed by atoms with E-state index >= 15 is 0 Å². The highest BCUT2D eigenvalue weighted by molar-refractivity contribution is 5.94. The van der Waals surface area contributed by atoms with Crippen molar-refractivity contribution in [1.82, 2.24) is 10.2 Å². The maximum atomic E-state index is 12.1. The number of ether oxygens (including phenoxy) is 1. The van der Waals surface area contributed by atoms with Crippen LogP contribution in [0.5, 0.6) is 5.75 Å². The number of fused-ring (bicyclic) bond motifs is 1. The molecule has 1 aliphatic carbocycles. The van der Waals surface area contributed by atoms with E-state index < -0.39 is 5.97 Å². The first-order valence-corrected chi connectivity index (χ1v) is 7.94. The lowest BCUT2D eigenvalue weighted by Crippen LogP contribution is -2.35. The quantitative estimate of drug-likeness (QED) is 0.795. The molecule has 1 saturated heterocycles. The number of hydrogen-bond donors (Lipinski definition) is 2. The summed E-state index contributed by atoms with van der Waals surface area (Å²) >= 11 is 0. The molecule has 7 heteroatoms. The minimum Gasteiger partial charge on any atom is -0.497 e. The Balaban J connectivity index is 1.41. The van der Waals surface area contributed by atoms with Gasteiger partial charge < -0.3 is 20.1 Å². The predicted octanol–water partition coefficient (Wildman–Crippen LogP) is 0.604. The third-order valence-electron chi connectivity index (χ3n) is 4.79. The van der Waals surface area contributed by atoms with Crippen molar-refractivity contribution in [2.45, 2.75) is 6.42 Å². The van der Waals surface area contributed by atoms with Crippen molar-refractivity contribution in [2.75, 3.05) is 26.7 Å². The van der Waals surface area contributed by atoms with Gasteiger partial charge in [-0.15, -0.1) is 0 Å². The number of nitrogens with zero attached hydrogens (tertiary/aromatic N) is 1. The molecule has 1 aromatic carbocycles. The van der Waals surface area contributed by atoms with E-state index in [0.717, 1.165) is 0 Å². The zero-order valence-corrected chi connectivity index (χ0v) is 13.4. The fourth-order valence-electron chi connectivity index (χ4n) is 3.40. The van der Waals surface area contributed by atoms with Crippen LogP contribution in [0.1, 0.15) is 16.8 Å². The number of rotatable bonds is 6. The van der Waals surface area contributed by atoms with Crippen LogP contribution in [0.15, 0.2) is 24.3 Å². The van der Waals surface area contributed by atoms with Crippen LogP contribution in [-0.4, -0.2) is 54.5 Å². The molecular formula is C17H20N2O5. The zero-order valence-electron chi connectivity index (χ0n) is 13.4. The summed E-state index contributed by atoms with van der Waals surface area (Å²) in [7, 11) is 1.53. The number of nitrogens with one attached hydrogen (secondary N) is 1. The molecule has 1 aromatic rings. The lowest BCUT2D eigenvalue weighted by Gasteiger charge is -2.19. The van der Waals surface area contributed by atoms with Gasteiger partial charge in [-0.3, -0.25) is 14.4 Å². The molecule has 1 unspecified atom stereocenters. The number of carbonyl (C=O) groups excluding carboxylic acids is 2. The van der Waals surface area contributed by atoms with Crippen LogP contribution in [0, 0.1) is 17.8 Å².